The standard InChI is InChI=1S/C18H23ClN4O/c1-13-16(11-23(22-13)15-5-3-14(19)4-6-15)17(24)21-12-18(2)7-9-20-10-8-18/h3-6,11,20H,7-10,12H2,1-2H3,(H,21,24). The van der Waals surface area contributed by atoms with Gasteiger partial charge in [-0.25, -0.2) is 4.68 Å². The van der Waals surface area contributed by atoms with Gasteiger partial charge >= 0.3 is 0 Å². The lowest BCUT2D eigenvalue weighted by Gasteiger charge is -2.34. The van der Waals surface area contributed by atoms with Gasteiger partial charge in [-0.2, -0.15) is 5.10 Å². The second-order valence-electron chi connectivity index (χ2n) is 6.79. The number of carbonyl (C=O) groups excluding carboxylic acids is 1. The van der Waals surface area contributed by atoms with Crippen LogP contribution in [0.25, 0.3) is 5.69 Å². The number of nitrogens with one attached hydrogen (secondary N) is 2. The van der Waals surface area contributed by atoms with Crippen molar-refractivity contribution < 1.29 is 4.79 Å². The van der Waals surface area contributed by atoms with Crippen LogP contribution in [0.2, 0.25) is 5.02 Å². The van der Waals surface area contributed by atoms with Crippen LogP contribution in [-0.2, 0) is 0 Å². The number of hydrogen-bond donors (Lipinski definition) is 2. The van der Waals surface area contributed by atoms with Crippen molar-refractivity contribution in [2.24, 2.45) is 5.41 Å². The zero-order chi connectivity index (χ0) is 17.2. The third-order valence-corrected chi connectivity index (χ3v) is 4.97. The molecule has 1 aliphatic heterocycles. The van der Waals surface area contributed by atoms with Gasteiger partial charge in [-0.1, -0.05) is 18.5 Å². The van der Waals surface area contributed by atoms with Crippen molar-refractivity contribution in [2.75, 3.05) is 19.6 Å². The van der Waals surface area contributed by atoms with E-state index in [0.717, 1.165) is 37.3 Å². The van der Waals surface area contributed by atoms with Gasteiger partial charge in [0.2, 0.25) is 0 Å². The topological polar surface area (TPSA) is 59.0 Å². The molecule has 0 spiro atoms. The highest BCUT2D eigenvalue weighted by atomic mass is 35.5. The fraction of sp³-hybridized carbons (Fsp3) is 0.444. The minimum atomic E-state index is -0.0625. The molecule has 1 aromatic heterocycles. The van der Waals surface area contributed by atoms with Crippen LogP contribution < -0.4 is 10.6 Å². The molecule has 1 aromatic carbocycles. The molecule has 0 aliphatic carbocycles. The SMILES string of the molecule is Cc1nn(-c2ccc(Cl)cc2)cc1C(=O)NCC1(C)CCNCC1. The highest BCUT2D eigenvalue weighted by Crippen LogP contribution is 2.26. The first kappa shape index (κ1) is 17.0. The van der Waals surface area contributed by atoms with E-state index in [2.05, 4.69) is 22.7 Å². The van der Waals surface area contributed by atoms with E-state index in [1.54, 1.807) is 10.9 Å². The van der Waals surface area contributed by atoms with E-state index in [0.29, 0.717) is 17.1 Å². The van der Waals surface area contributed by atoms with Crippen molar-refractivity contribution >= 4 is 17.5 Å². The monoisotopic (exact) mass is 346 g/mol. The van der Waals surface area contributed by atoms with Gasteiger partial charge in [0.15, 0.2) is 0 Å². The van der Waals surface area contributed by atoms with E-state index in [-0.39, 0.29) is 11.3 Å². The first-order valence-electron chi connectivity index (χ1n) is 8.28. The quantitative estimate of drug-likeness (QED) is 0.894. The van der Waals surface area contributed by atoms with Crippen LogP contribution in [0, 0.1) is 12.3 Å². The van der Waals surface area contributed by atoms with Gasteiger partial charge in [0, 0.05) is 17.8 Å². The molecular formula is C18H23ClN4O. The van der Waals surface area contributed by atoms with Crippen LogP contribution in [0.4, 0.5) is 0 Å². The van der Waals surface area contributed by atoms with Gasteiger partial charge in [-0.3, -0.25) is 4.79 Å². The average Bonchev–Trinajstić information content (AvgIpc) is 2.96. The van der Waals surface area contributed by atoms with E-state index in [9.17, 15) is 4.79 Å². The maximum Gasteiger partial charge on any atom is 0.254 e. The number of halogens is 1. The Balaban J connectivity index is 1.70. The number of benzene rings is 1. The van der Waals surface area contributed by atoms with Crippen molar-refractivity contribution in [3.63, 3.8) is 0 Å². The molecular weight excluding hydrogens is 324 g/mol. The zero-order valence-corrected chi connectivity index (χ0v) is 14.9. The Morgan fingerprint density at radius 2 is 2.00 bits per heavy atom. The van der Waals surface area contributed by atoms with Gasteiger partial charge in [-0.05, 0) is 62.5 Å². The van der Waals surface area contributed by atoms with Gasteiger partial charge in [-0.15, -0.1) is 0 Å². The molecule has 3 rings (SSSR count). The highest BCUT2D eigenvalue weighted by Gasteiger charge is 2.27. The lowest BCUT2D eigenvalue weighted by atomic mass is 9.81. The Kier molecular flexibility index (Phi) is 4.92. The maximum absolute atomic E-state index is 12.5. The number of piperidine rings is 1. The number of rotatable bonds is 4. The second-order valence-corrected chi connectivity index (χ2v) is 7.23. The molecule has 0 unspecified atom stereocenters. The van der Waals surface area contributed by atoms with Crippen molar-refractivity contribution in [1.29, 1.82) is 0 Å². The molecule has 2 N–H and O–H groups in total. The molecule has 128 valence electrons. The van der Waals surface area contributed by atoms with Gasteiger partial charge in [0.05, 0.1) is 16.9 Å². The molecule has 0 radical (unpaired) electrons. The van der Waals surface area contributed by atoms with Gasteiger partial charge in [0.1, 0.15) is 0 Å². The molecule has 2 aromatic rings. The molecule has 1 fully saturated rings. The molecule has 1 amide bonds. The number of hydrogen-bond acceptors (Lipinski definition) is 3. The van der Waals surface area contributed by atoms with Crippen molar-refractivity contribution in [3.8, 4) is 5.69 Å². The number of nitrogens with zero attached hydrogens (tertiary/aromatic N) is 2. The third-order valence-electron chi connectivity index (χ3n) is 4.72. The molecule has 24 heavy (non-hydrogen) atoms. The van der Waals surface area contributed by atoms with Crippen LogP contribution >= 0.6 is 11.6 Å². The van der Waals surface area contributed by atoms with Gasteiger partial charge < -0.3 is 10.6 Å². The Bertz CT molecular complexity index is 717. The summed E-state index contributed by atoms with van der Waals surface area (Å²) >= 11 is 5.92. The molecule has 1 aliphatic rings. The predicted molar refractivity (Wildman–Crippen MR) is 95.9 cm³/mol. The first-order valence-corrected chi connectivity index (χ1v) is 8.66. The second kappa shape index (κ2) is 6.95. The number of carbonyl (C=O) groups is 1. The molecule has 2 heterocycles. The van der Waals surface area contributed by atoms with Crippen molar-refractivity contribution in [3.05, 3.63) is 46.7 Å². The molecule has 0 bridgehead atoms. The molecule has 0 saturated carbocycles. The number of aryl methyl sites for hydroxylation is 1. The smallest absolute Gasteiger partial charge is 0.254 e. The number of amides is 1. The maximum atomic E-state index is 12.5. The third kappa shape index (κ3) is 3.79. The van der Waals surface area contributed by atoms with E-state index in [4.69, 9.17) is 11.6 Å². The van der Waals surface area contributed by atoms with E-state index in [1.807, 2.05) is 31.2 Å². The number of aromatic nitrogens is 2. The van der Waals surface area contributed by atoms with Crippen LogP contribution in [0.1, 0.15) is 35.8 Å². The summed E-state index contributed by atoms with van der Waals surface area (Å²) < 4.78 is 1.72. The summed E-state index contributed by atoms with van der Waals surface area (Å²) in [6, 6.07) is 7.39. The minimum absolute atomic E-state index is 0.0625. The Morgan fingerprint density at radius 1 is 1.33 bits per heavy atom. The largest absolute Gasteiger partial charge is 0.351 e. The van der Waals surface area contributed by atoms with Gasteiger partial charge in [0.25, 0.3) is 5.91 Å². The molecule has 6 heteroatoms. The Morgan fingerprint density at radius 3 is 2.67 bits per heavy atom. The fourth-order valence-corrected chi connectivity index (χ4v) is 3.13. The first-order chi connectivity index (χ1) is 11.5. The van der Waals surface area contributed by atoms with Crippen LogP contribution in [-0.4, -0.2) is 35.3 Å². The lowest BCUT2D eigenvalue weighted by Crippen LogP contribution is -2.42. The predicted octanol–water partition coefficient (Wildman–Crippen LogP) is 2.95. The minimum Gasteiger partial charge on any atom is -0.351 e. The summed E-state index contributed by atoms with van der Waals surface area (Å²) in [5, 5.41) is 11.6. The van der Waals surface area contributed by atoms with Crippen LogP contribution in [0.3, 0.4) is 0 Å². The molecule has 5 nitrogen and oxygen atoms in total. The normalized spacial score (nSPS) is 16.8. The Hall–Kier alpha value is -1.85. The van der Waals surface area contributed by atoms with Crippen molar-refractivity contribution in [2.45, 2.75) is 26.7 Å². The Labute approximate surface area is 147 Å². The summed E-state index contributed by atoms with van der Waals surface area (Å²) in [5.74, 6) is -0.0625. The van der Waals surface area contributed by atoms with Crippen molar-refractivity contribution in [1.82, 2.24) is 20.4 Å². The van der Waals surface area contributed by atoms with E-state index >= 15 is 0 Å². The zero-order valence-electron chi connectivity index (χ0n) is 14.1. The molecule has 0 atom stereocenters. The average molecular weight is 347 g/mol. The summed E-state index contributed by atoms with van der Waals surface area (Å²) in [6.45, 7) is 6.81. The summed E-state index contributed by atoms with van der Waals surface area (Å²) in [6.07, 6.45) is 3.94. The van der Waals surface area contributed by atoms with Crippen LogP contribution in [0.5, 0.6) is 0 Å². The lowest BCUT2D eigenvalue weighted by molar-refractivity contribution is 0.0921. The van der Waals surface area contributed by atoms with Crippen LogP contribution in [0.15, 0.2) is 30.5 Å². The van der Waals surface area contributed by atoms with E-state index in [1.165, 1.54) is 0 Å². The van der Waals surface area contributed by atoms with E-state index < -0.39 is 0 Å². The highest BCUT2D eigenvalue weighted by molar-refractivity contribution is 6.30. The fourth-order valence-electron chi connectivity index (χ4n) is 3.01. The summed E-state index contributed by atoms with van der Waals surface area (Å²) in [5.41, 5.74) is 2.38. The molecule has 1 saturated heterocycles. The summed E-state index contributed by atoms with van der Waals surface area (Å²) in [4.78, 5) is 12.5. The summed E-state index contributed by atoms with van der Waals surface area (Å²) in [7, 11) is 0.